The van der Waals surface area contributed by atoms with Crippen LogP contribution in [-0.2, 0) is 11.3 Å². The van der Waals surface area contributed by atoms with E-state index in [0.29, 0.717) is 12.1 Å². The largest absolute Gasteiger partial charge is 0.384 e. The second-order valence-electron chi connectivity index (χ2n) is 5.02. The summed E-state index contributed by atoms with van der Waals surface area (Å²) in [5.41, 5.74) is 6.09. The molecule has 1 saturated heterocycles. The van der Waals surface area contributed by atoms with Crippen molar-refractivity contribution >= 4 is 5.84 Å². The van der Waals surface area contributed by atoms with Crippen LogP contribution in [0, 0.1) is 11.2 Å². The van der Waals surface area contributed by atoms with Gasteiger partial charge in [0.2, 0.25) is 0 Å². The first kappa shape index (κ1) is 14.0. The molecule has 2 rings (SSSR count). The maximum Gasteiger partial charge on any atom is 0.138 e. The number of ether oxygens (including phenoxy) is 1. The highest BCUT2D eigenvalue weighted by atomic mass is 19.1. The van der Waals surface area contributed by atoms with Gasteiger partial charge in [-0.15, -0.1) is 0 Å². The van der Waals surface area contributed by atoms with Gasteiger partial charge in [-0.2, -0.15) is 0 Å². The summed E-state index contributed by atoms with van der Waals surface area (Å²) in [6.45, 7) is 2.11. The van der Waals surface area contributed by atoms with Crippen molar-refractivity contribution in [1.82, 2.24) is 4.90 Å². The number of nitrogens with zero attached hydrogens (tertiary/aromatic N) is 1. The maximum absolute atomic E-state index is 14.1. The van der Waals surface area contributed by atoms with Crippen LogP contribution < -0.4 is 5.73 Å². The van der Waals surface area contributed by atoms with E-state index >= 15 is 0 Å². The van der Waals surface area contributed by atoms with Crippen LogP contribution in [0.3, 0.4) is 0 Å². The van der Waals surface area contributed by atoms with Gasteiger partial charge in [0.05, 0.1) is 11.7 Å². The van der Waals surface area contributed by atoms with E-state index in [-0.39, 0.29) is 17.5 Å². The van der Waals surface area contributed by atoms with Gasteiger partial charge in [-0.05, 0) is 26.0 Å². The van der Waals surface area contributed by atoms with Crippen molar-refractivity contribution in [2.75, 3.05) is 20.2 Å². The molecule has 19 heavy (non-hydrogen) atoms. The van der Waals surface area contributed by atoms with Crippen molar-refractivity contribution in [2.45, 2.75) is 25.5 Å². The van der Waals surface area contributed by atoms with Crippen molar-refractivity contribution in [1.29, 1.82) is 5.41 Å². The number of nitrogens with two attached hydrogens (primary N) is 1. The lowest BCUT2D eigenvalue weighted by atomic mass is 10.1. The summed E-state index contributed by atoms with van der Waals surface area (Å²) >= 11 is 0. The molecule has 0 radical (unpaired) electrons. The molecule has 1 unspecified atom stereocenters. The molecule has 1 atom stereocenters. The van der Waals surface area contributed by atoms with Crippen molar-refractivity contribution < 1.29 is 9.13 Å². The minimum absolute atomic E-state index is 0.169. The predicted molar refractivity (Wildman–Crippen MR) is 72.7 cm³/mol. The van der Waals surface area contributed by atoms with Gasteiger partial charge >= 0.3 is 0 Å². The van der Waals surface area contributed by atoms with E-state index in [1.54, 1.807) is 12.1 Å². The van der Waals surface area contributed by atoms with E-state index in [1.165, 1.54) is 6.07 Å². The third kappa shape index (κ3) is 3.52. The molecule has 5 heteroatoms. The molecule has 0 spiro atoms. The molecule has 104 valence electrons. The van der Waals surface area contributed by atoms with Crippen molar-refractivity contribution in [3.63, 3.8) is 0 Å². The molecule has 1 aromatic rings. The maximum atomic E-state index is 14.1. The van der Waals surface area contributed by atoms with Gasteiger partial charge in [0.15, 0.2) is 0 Å². The molecule has 0 bridgehead atoms. The van der Waals surface area contributed by atoms with Crippen LogP contribution in [0.2, 0.25) is 0 Å². The first-order chi connectivity index (χ1) is 9.08. The Hall–Kier alpha value is -1.46. The number of hydrogen-bond acceptors (Lipinski definition) is 3. The summed E-state index contributed by atoms with van der Waals surface area (Å²) < 4.78 is 19.7. The molecule has 0 aromatic heterocycles. The highest BCUT2D eigenvalue weighted by Crippen LogP contribution is 2.17. The molecule has 3 N–H and O–H groups in total. The van der Waals surface area contributed by atoms with Crippen LogP contribution in [0.1, 0.15) is 24.0 Å². The van der Waals surface area contributed by atoms with Crippen LogP contribution in [0.5, 0.6) is 0 Å². The van der Waals surface area contributed by atoms with E-state index in [2.05, 4.69) is 0 Å². The zero-order valence-electron chi connectivity index (χ0n) is 11.2. The zero-order valence-corrected chi connectivity index (χ0v) is 11.2. The lowest BCUT2D eigenvalue weighted by Crippen LogP contribution is -2.29. The Morgan fingerprint density at radius 2 is 2.37 bits per heavy atom. The molecule has 1 aliphatic heterocycles. The van der Waals surface area contributed by atoms with Crippen LogP contribution in [0.25, 0.3) is 0 Å². The second-order valence-corrected chi connectivity index (χ2v) is 5.02. The van der Waals surface area contributed by atoms with Crippen LogP contribution >= 0.6 is 0 Å². The quantitative estimate of drug-likeness (QED) is 0.629. The number of nitrogen functional groups attached to an aromatic ring is 1. The number of benzene rings is 1. The van der Waals surface area contributed by atoms with E-state index in [9.17, 15) is 4.39 Å². The van der Waals surface area contributed by atoms with Crippen LogP contribution in [0.4, 0.5) is 4.39 Å². The molecule has 1 aromatic carbocycles. The SMILES string of the molecule is CN(Cc1cccc(C(=N)N)c1F)CC1CCCO1. The fourth-order valence-corrected chi connectivity index (χ4v) is 2.40. The average Bonchev–Trinajstić information content (AvgIpc) is 2.84. The molecule has 1 aliphatic rings. The summed E-state index contributed by atoms with van der Waals surface area (Å²) in [5, 5.41) is 7.34. The predicted octanol–water partition coefficient (Wildman–Crippen LogP) is 1.72. The first-order valence-electron chi connectivity index (χ1n) is 6.50. The lowest BCUT2D eigenvalue weighted by molar-refractivity contribution is 0.0790. The van der Waals surface area contributed by atoms with E-state index < -0.39 is 5.82 Å². The lowest BCUT2D eigenvalue weighted by Gasteiger charge is -2.21. The molecule has 1 fully saturated rings. The van der Waals surface area contributed by atoms with Gasteiger partial charge in [-0.3, -0.25) is 10.3 Å². The zero-order chi connectivity index (χ0) is 13.8. The van der Waals surface area contributed by atoms with Gasteiger partial charge in [0.1, 0.15) is 11.7 Å². The van der Waals surface area contributed by atoms with E-state index in [4.69, 9.17) is 15.9 Å². The van der Waals surface area contributed by atoms with E-state index in [0.717, 1.165) is 26.0 Å². The molecule has 1 heterocycles. The third-order valence-electron chi connectivity index (χ3n) is 3.35. The van der Waals surface area contributed by atoms with E-state index in [1.807, 2.05) is 11.9 Å². The number of hydrogen-bond donors (Lipinski definition) is 2. The minimum Gasteiger partial charge on any atom is -0.384 e. The topological polar surface area (TPSA) is 62.3 Å². The van der Waals surface area contributed by atoms with Crippen LogP contribution in [0.15, 0.2) is 18.2 Å². The Balaban J connectivity index is 2.01. The Bertz CT molecular complexity index is 458. The highest BCUT2D eigenvalue weighted by molar-refractivity contribution is 5.95. The fraction of sp³-hybridized carbons (Fsp3) is 0.500. The monoisotopic (exact) mass is 265 g/mol. The van der Waals surface area contributed by atoms with Crippen molar-refractivity contribution in [2.24, 2.45) is 5.73 Å². The normalized spacial score (nSPS) is 19.0. The molecular weight excluding hydrogens is 245 g/mol. The fourth-order valence-electron chi connectivity index (χ4n) is 2.40. The minimum atomic E-state index is -0.394. The molecule has 0 saturated carbocycles. The van der Waals surface area contributed by atoms with Gasteiger partial charge < -0.3 is 10.5 Å². The number of nitrogens with one attached hydrogen (secondary N) is 1. The Labute approximate surface area is 112 Å². The summed E-state index contributed by atoms with van der Waals surface area (Å²) in [4.78, 5) is 2.04. The Kier molecular flexibility index (Phi) is 4.50. The Morgan fingerprint density at radius 3 is 3.00 bits per heavy atom. The second kappa shape index (κ2) is 6.12. The molecule has 0 amide bonds. The van der Waals surface area contributed by atoms with Gasteiger partial charge in [-0.1, -0.05) is 12.1 Å². The smallest absolute Gasteiger partial charge is 0.138 e. The number of rotatable bonds is 5. The summed E-state index contributed by atoms with van der Waals surface area (Å²) in [7, 11) is 1.95. The van der Waals surface area contributed by atoms with Gasteiger partial charge in [-0.25, -0.2) is 4.39 Å². The standard InChI is InChI=1S/C14H20FN3O/c1-18(9-11-5-3-7-19-11)8-10-4-2-6-12(13(10)15)14(16)17/h2,4,6,11H,3,5,7-9H2,1H3,(H3,16,17). The number of amidine groups is 1. The summed E-state index contributed by atoms with van der Waals surface area (Å²) in [6, 6.07) is 4.99. The van der Waals surface area contributed by atoms with Crippen LogP contribution in [-0.4, -0.2) is 37.0 Å². The van der Waals surface area contributed by atoms with Gasteiger partial charge in [0, 0.05) is 25.3 Å². The van der Waals surface area contributed by atoms with Crippen molar-refractivity contribution in [3.8, 4) is 0 Å². The number of halogens is 1. The highest BCUT2D eigenvalue weighted by Gasteiger charge is 2.18. The summed E-state index contributed by atoms with van der Waals surface area (Å²) in [5.74, 6) is -0.629. The first-order valence-corrected chi connectivity index (χ1v) is 6.50. The van der Waals surface area contributed by atoms with Crippen molar-refractivity contribution in [3.05, 3.63) is 35.1 Å². The van der Waals surface area contributed by atoms with Gasteiger partial charge in [0.25, 0.3) is 0 Å². The molecular formula is C14H20FN3O. The Morgan fingerprint density at radius 1 is 1.58 bits per heavy atom. The molecule has 0 aliphatic carbocycles. The summed E-state index contributed by atoms with van der Waals surface area (Å²) in [6.07, 6.45) is 2.43. The third-order valence-corrected chi connectivity index (χ3v) is 3.35. The number of likely N-dealkylation sites (N-methyl/N-ethyl adjacent to an activating group) is 1. The average molecular weight is 265 g/mol. The molecule has 4 nitrogen and oxygen atoms in total.